The van der Waals surface area contributed by atoms with Gasteiger partial charge in [-0.1, -0.05) is 13.8 Å². The molecule has 1 aliphatic carbocycles. The average Bonchev–Trinajstić information content (AvgIpc) is 3.17. The van der Waals surface area contributed by atoms with Gasteiger partial charge in [-0.25, -0.2) is 0 Å². The van der Waals surface area contributed by atoms with Crippen LogP contribution >= 0.6 is 0 Å². The lowest BCUT2D eigenvalue weighted by Gasteiger charge is -2.25. The summed E-state index contributed by atoms with van der Waals surface area (Å²) in [5.41, 5.74) is 5.20. The van der Waals surface area contributed by atoms with Gasteiger partial charge in [0.15, 0.2) is 0 Å². The highest BCUT2D eigenvalue weighted by Gasteiger charge is 2.29. The zero-order chi connectivity index (χ0) is 13.6. The van der Waals surface area contributed by atoms with Gasteiger partial charge in [0.1, 0.15) is 0 Å². The quantitative estimate of drug-likeness (QED) is 0.558. The van der Waals surface area contributed by atoms with Gasteiger partial charge in [0, 0.05) is 19.0 Å². The first kappa shape index (κ1) is 15.0. The van der Waals surface area contributed by atoms with Crippen LogP contribution in [0.5, 0.6) is 0 Å². The van der Waals surface area contributed by atoms with Crippen molar-refractivity contribution in [2.45, 2.75) is 64.0 Å². The molecule has 1 rings (SSSR count). The molecular formula is C13H25N3O2. The molecule has 4 N–H and O–H groups in total. The average molecular weight is 255 g/mol. The third kappa shape index (κ3) is 4.64. The van der Waals surface area contributed by atoms with Crippen LogP contribution in [0.25, 0.3) is 0 Å². The van der Waals surface area contributed by atoms with Crippen molar-refractivity contribution in [1.29, 1.82) is 0 Å². The standard InChI is InChI=1S/C13H25N3O2/c1-3-13(14,4-2)12(18)15-9-5-6-11(17)16-10-7-8-10/h10H,3-9,14H2,1-2H3,(H,15,18)(H,16,17). The predicted octanol–water partition coefficient (Wildman–Crippen LogP) is 0.679. The van der Waals surface area contributed by atoms with E-state index in [1.54, 1.807) is 0 Å². The predicted molar refractivity (Wildman–Crippen MR) is 70.9 cm³/mol. The van der Waals surface area contributed by atoms with Gasteiger partial charge in [-0.05, 0) is 32.1 Å². The minimum absolute atomic E-state index is 0.0803. The number of rotatable bonds is 8. The zero-order valence-electron chi connectivity index (χ0n) is 11.4. The second kappa shape index (κ2) is 6.73. The number of hydrogen-bond donors (Lipinski definition) is 3. The maximum absolute atomic E-state index is 11.8. The van der Waals surface area contributed by atoms with Gasteiger partial charge in [0.25, 0.3) is 0 Å². The Hall–Kier alpha value is -1.10. The lowest BCUT2D eigenvalue weighted by atomic mass is 9.93. The maximum Gasteiger partial charge on any atom is 0.240 e. The molecule has 2 amide bonds. The Labute approximate surface area is 109 Å². The minimum Gasteiger partial charge on any atom is -0.354 e. The van der Waals surface area contributed by atoms with E-state index in [-0.39, 0.29) is 11.8 Å². The lowest BCUT2D eigenvalue weighted by molar-refractivity contribution is -0.127. The van der Waals surface area contributed by atoms with Gasteiger partial charge in [0.2, 0.25) is 11.8 Å². The van der Waals surface area contributed by atoms with Gasteiger partial charge in [-0.15, -0.1) is 0 Å². The molecule has 0 saturated heterocycles. The molecule has 104 valence electrons. The highest BCUT2D eigenvalue weighted by molar-refractivity contribution is 5.85. The van der Waals surface area contributed by atoms with Crippen LogP contribution in [0.3, 0.4) is 0 Å². The number of amides is 2. The van der Waals surface area contributed by atoms with Crippen LogP contribution in [-0.4, -0.2) is 29.9 Å². The molecule has 1 aliphatic rings. The Kier molecular flexibility index (Phi) is 5.59. The summed E-state index contributed by atoms with van der Waals surface area (Å²) in [6.07, 6.45) is 4.58. The number of carbonyl (C=O) groups excluding carboxylic acids is 2. The van der Waals surface area contributed by atoms with E-state index < -0.39 is 5.54 Å². The normalized spacial score (nSPS) is 15.3. The van der Waals surface area contributed by atoms with Crippen LogP contribution in [0.2, 0.25) is 0 Å². The highest BCUT2D eigenvalue weighted by Crippen LogP contribution is 2.18. The molecule has 18 heavy (non-hydrogen) atoms. The lowest BCUT2D eigenvalue weighted by Crippen LogP contribution is -2.53. The molecule has 0 radical (unpaired) electrons. The molecule has 0 aromatic heterocycles. The number of nitrogens with two attached hydrogens (primary N) is 1. The van der Waals surface area contributed by atoms with Crippen molar-refractivity contribution in [3.8, 4) is 0 Å². The van der Waals surface area contributed by atoms with Gasteiger partial charge >= 0.3 is 0 Å². The van der Waals surface area contributed by atoms with Crippen molar-refractivity contribution in [3.63, 3.8) is 0 Å². The maximum atomic E-state index is 11.8. The fourth-order valence-electron chi connectivity index (χ4n) is 1.73. The Bertz CT molecular complexity index is 297. The van der Waals surface area contributed by atoms with Crippen LogP contribution in [-0.2, 0) is 9.59 Å². The van der Waals surface area contributed by atoms with E-state index >= 15 is 0 Å². The van der Waals surface area contributed by atoms with Gasteiger partial charge < -0.3 is 16.4 Å². The number of carbonyl (C=O) groups is 2. The van der Waals surface area contributed by atoms with E-state index in [4.69, 9.17) is 5.73 Å². The number of nitrogens with one attached hydrogen (secondary N) is 2. The van der Waals surface area contributed by atoms with Gasteiger partial charge in [-0.2, -0.15) is 0 Å². The molecule has 1 saturated carbocycles. The minimum atomic E-state index is -0.768. The van der Waals surface area contributed by atoms with E-state index in [2.05, 4.69) is 10.6 Å². The van der Waals surface area contributed by atoms with Crippen LogP contribution in [0.4, 0.5) is 0 Å². The molecule has 0 aliphatic heterocycles. The summed E-state index contributed by atoms with van der Waals surface area (Å²) < 4.78 is 0. The summed E-state index contributed by atoms with van der Waals surface area (Å²) in [7, 11) is 0. The first-order chi connectivity index (χ1) is 8.51. The Balaban J connectivity index is 2.12. The van der Waals surface area contributed by atoms with Crippen molar-refractivity contribution >= 4 is 11.8 Å². The van der Waals surface area contributed by atoms with Crippen LogP contribution in [0.15, 0.2) is 0 Å². The topological polar surface area (TPSA) is 84.2 Å². The SMILES string of the molecule is CCC(N)(CC)C(=O)NCCCC(=O)NC1CC1. The second-order valence-corrected chi connectivity index (χ2v) is 5.06. The Morgan fingerprint density at radius 3 is 2.39 bits per heavy atom. The third-order valence-electron chi connectivity index (χ3n) is 3.52. The van der Waals surface area contributed by atoms with E-state index in [9.17, 15) is 9.59 Å². The smallest absolute Gasteiger partial charge is 0.240 e. The molecule has 0 unspecified atom stereocenters. The van der Waals surface area contributed by atoms with Crippen molar-refractivity contribution in [3.05, 3.63) is 0 Å². The molecule has 0 bridgehead atoms. The highest BCUT2D eigenvalue weighted by atomic mass is 16.2. The summed E-state index contributed by atoms with van der Waals surface area (Å²) in [6, 6.07) is 0.406. The molecule has 5 heteroatoms. The molecule has 0 aromatic rings. The van der Waals surface area contributed by atoms with Crippen LogP contribution in [0, 0.1) is 0 Å². The molecule has 1 fully saturated rings. The molecule has 0 atom stereocenters. The largest absolute Gasteiger partial charge is 0.354 e. The summed E-state index contributed by atoms with van der Waals surface area (Å²) in [6.45, 7) is 4.33. The second-order valence-electron chi connectivity index (χ2n) is 5.06. The first-order valence-corrected chi connectivity index (χ1v) is 6.88. The van der Waals surface area contributed by atoms with E-state index in [1.807, 2.05) is 13.8 Å². The summed E-state index contributed by atoms with van der Waals surface area (Å²) in [5.74, 6) is -0.0353. The monoisotopic (exact) mass is 255 g/mol. The van der Waals surface area contributed by atoms with E-state index in [0.29, 0.717) is 38.3 Å². The van der Waals surface area contributed by atoms with Crippen molar-refractivity contribution in [2.75, 3.05) is 6.54 Å². The van der Waals surface area contributed by atoms with Crippen LogP contribution in [0.1, 0.15) is 52.4 Å². The Morgan fingerprint density at radius 2 is 1.89 bits per heavy atom. The van der Waals surface area contributed by atoms with Crippen molar-refractivity contribution < 1.29 is 9.59 Å². The summed E-state index contributed by atoms with van der Waals surface area (Å²) in [5, 5.41) is 5.72. The fraction of sp³-hybridized carbons (Fsp3) is 0.846. The first-order valence-electron chi connectivity index (χ1n) is 6.88. The van der Waals surface area contributed by atoms with Crippen molar-refractivity contribution in [2.24, 2.45) is 5.73 Å². The van der Waals surface area contributed by atoms with Crippen molar-refractivity contribution in [1.82, 2.24) is 10.6 Å². The molecular weight excluding hydrogens is 230 g/mol. The zero-order valence-corrected chi connectivity index (χ0v) is 11.4. The third-order valence-corrected chi connectivity index (χ3v) is 3.52. The summed E-state index contributed by atoms with van der Waals surface area (Å²) in [4.78, 5) is 23.2. The van der Waals surface area contributed by atoms with Gasteiger partial charge in [-0.3, -0.25) is 9.59 Å². The van der Waals surface area contributed by atoms with Crippen LogP contribution < -0.4 is 16.4 Å². The van der Waals surface area contributed by atoms with E-state index in [1.165, 1.54) is 0 Å². The number of hydrogen-bond acceptors (Lipinski definition) is 3. The van der Waals surface area contributed by atoms with Gasteiger partial charge in [0.05, 0.1) is 5.54 Å². The summed E-state index contributed by atoms with van der Waals surface area (Å²) >= 11 is 0. The molecule has 0 spiro atoms. The molecule has 0 heterocycles. The molecule has 5 nitrogen and oxygen atoms in total. The molecule has 0 aromatic carbocycles. The fourth-order valence-corrected chi connectivity index (χ4v) is 1.73. The Morgan fingerprint density at radius 1 is 1.28 bits per heavy atom. The van der Waals surface area contributed by atoms with E-state index in [0.717, 1.165) is 12.8 Å².